The smallest absolute Gasteiger partial charge is 0.222 e. The highest BCUT2D eigenvalue weighted by Crippen LogP contribution is 2.34. The molecule has 3 heterocycles. The first kappa shape index (κ1) is 24.9. The molecule has 7 nitrogen and oxygen atoms in total. The van der Waals surface area contributed by atoms with Gasteiger partial charge in [-0.3, -0.25) is 9.78 Å². The minimum atomic E-state index is -0.122. The number of pyridine rings is 2. The van der Waals surface area contributed by atoms with Crippen LogP contribution < -0.4 is 10.1 Å². The fourth-order valence-electron chi connectivity index (χ4n) is 3.84. The minimum Gasteiger partial charge on any atom is -0.486 e. The van der Waals surface area contributed by atoms with E-state index < -0.39 is 0 Å². The number of hydrogen-bond acceptors (Lipinski definition) is 5. The largest absolute Gasteiger partial charge is 0.486 e. The molecule has 1 aromatic carbocycles. The lowest BCUT2D eigenvalue weighted by molar-refractivity contribution is -0.124. The molecule has 35 heavy (non-hydrogen) atoms. The summed E-state index contributed by atoms with van der Waals surface area (Å²) < 4.78 is 8.08. The molecule has 0 saturated heterocycles. The number of amides is 1. The van der Waals surface area contributed by atoms with Gasteiger partial charge in [-0.25, -0.2) is 9.97 Å². The summed E-state index contributed by atoms with van der Waals surface area (Å²) in [7, 11) is 1.87. The van der Waals surface area contributed by atoms with Gasteiger partial charge in [-0.2, -0.15) is 0 Å². The molecule has 3 aromatic heterocycles. The molecular formula is C26H27Cl2N5O2. The van der Waals surface area contributed by atoms with Gasteiger partial charge in [0.15, 0.2) is 0 Å². The summed E-state index contributed by atoms with van der Waals surface area (Å²) >= 11 is 12.8. The van der Waals surface area contributed by atoms with Gasteiger partial charge < -0.3 is 14.6 Å². The number of imidazole rings is 1. The van der Waals surface area contributed by atoms with Crippen LogP contribution in [0.4, 0.5) is 0 Å². The number of fused-ring (bicyclic) bond motifs is 1. The lowest BCUT2D eigenvalue weighted by Gasteiger charge is -2.16. The Kier molecular flexibility index (Phi) is 7.28. The van der Waals surface area contributed by atoms with Crippen molar-refractivity contribution in [2.45, 2.75) is 40.8 Å². The number of para-hydroxylation sites is 1. The Balaban J connectivity index is 1.69. The molecular weight excluding hydrogens is 485 g/mol. The maximum absolute atomic E-state index is 12.1. The van der Waals surface area contributed by atoms with Gasteiger partial charge >= 0.3 is 0 Å². The Morgan fingerprint density at radius 1 is 1.14 bits per heavy atom. The number of aryl methyl sites for hydroxylation is 2. The van der Waals surface area contributed by atoms with Crippen LogP contribution in [-0.2, 0) is 25.0 Å². The standard InChI is InChI=1S/C26H27Cl2N5O2/c1-14(2)26(34)30-11-21-19(20(27)10-16(4)31-21)13-35-22-8-6-7-17-18(9-15(3)32-24(17)22)25-29-12-23(28)33(25)5/h6-10,12,14H,11,13H2,1-5H3,(H,30,34). The number of nitrogens with one attached hydrogen (secondary N) is 1. The van der Waals surface area contributed by atoms with Crippen LogP contribution in [0.25, 0.3) is 22.3 Å². The van der Waals surface area contributed by atoms with Gasteiger partial charge in [-0.05, 0) is 32.0 Å². The Morgan fingerprint density at radius 3 is 2.57 bits per heavy atom. The van der Waals surface area contributed by atoms with E-state index in [-0.39, 0.29) is 25.0 Å². The summed E-state index contributed by atoms with van der Waals surface area (Å²) in [6.45, 7) is 7.94. The molecule has 0 atom stereocenters. The maximum Gasteiger partial charge on any atom is 0.222 e. The second kappa shape index (κ2) is 10.2. The lowest BCUT2D eigenvalue weighted by atomic mass is 10.1. The average Bonchev–Trinajstić information content (AvgIpc) is 3.14. The maximum atomic E-state index is 12.1. The van der Waals surface area contributed by atoms with Crippen molar-refractivity contribution in [3.05, 3.63) is 69.3 Å². The molecule has 0 aliphatic carbocycles. The first-order valence-corrected chi connectivity index (χ1v) is 12.0. The van der Waals surface area contributed by atoms with Gasteiger partial charge in [-0.15, -0.1) is 0 Å². The van der Waals surface area contributed by atoms with E-state index >= 15 is 0 Å². The van der Waals surface area contributed by atoms with Gasteiger partial charge in [0.1, 0.15) is 28.9 Å². The summed E-state index contributed by atoms with van der Waals surface area (Å²) in [5, 5.41) is 4.90. The SMILES string of the molecule is Cc1cc(Cl)c(COc2cccc3c(-c4ncc(Cl)n4C)cc(C)nc23)c(CNC(=O)C(C)C)n1. The molecule has 0 unspecified atom stereocenters. The number of rotatable bonds is 7. The number of benzene rings is 1. The van der Waals surface area contributed by atoms with E-state index in [0.717, 1.165) is 33.7 Å². The van der Waals surface area contributed by atoms with E-state index in [1.807, 2.05) is 63.6 Å². The van der Waals surface area contributed by atoms with E-state index in [4.69, 9.17) is 32.9 Å². The molecule has 0 aliphatic heterocycles. The van der Waals surface area contributed by atoms with Crippen molar-refractivity contribution in [1.29, 1.82) is 0 Å². The third kappa shape index (κ3) is 5.26. The zero-order valence-electron chi connectivity index (χ0n) is 20.3. The fourth-order valence-corrected chi connectivity index (χ4v) is 4.29. The zero-order chi connectivity index (χ0) is 25.3. The van der Waals surface area contributed by atoms with Gasteiger partial charge in [-0.1, -0.05) is 49.2 Å². The predicted octanol–water partition coefficient (Wildman–Crippen LogP) is 5.81. The third-order valence-corrected chi connectivity index (χ3v) is 6.40. The third-order valence-electron chi connectivity index (χ3n) is 5.71. The summed E-state index contributed by atoms with van der Waals surface area (Å²) in [5.74, 6) is 1.19. The van der Waals surface area contributed by atoms with Crippen LogP contribution >= 0.6 is 23.2 Å². The Bertz CT molecular complexity index is 1410. The molecule has 0 spiro atoms. The number of hydrogen-bond donors (Lipinski definition) is 1. The van der Waals surface area contributed by atoms with Crippen molar-refractivity contribution < 1.29 is 9.53 Å². The predicted molar refractivity (Wildman–Crippen MR) is 139 cm³/mol. The van der Waals surface area contributed by atoms with E-state index in [0.29, 0.717) is 27.1 Å². The van der Waals surface area contributed by atoms with Crippen LogP contribution in [0.3, 0.4) is 0 Å². The number of ether oxygens (including phenoxy) is 1. The first-order chi connectivity index (χ1) is 16.7. The summed E-state index contributed by atoms with van der Waals surface area (Å²) in [6, 6.07) is 9.56. The van der Waals surface area contributed by atoms with Crippen LogP contribution in [0.15, 0.2) is 36.5 Å². The van der Waals surface area contributed by atoms with Crippen molar-refractivity contribution in [3.8, 4) is 17.1 Å². The molecule has 9 heteroatoms. The number of aromatic nitrogens is 4. The van der Waals surface area contributed by atoms with Gasteiger partial charge in [0.05, 0.1) is 23.5 Å². The van der Waals surface area contributed by atoms with Crippen LogP contribution in [0, 0.1) is 19.8 Å². The molecule has 1 N–H and O–H groups in total. The molecule has 1 amide bonds. The van der Waals surface area contributed by atoms with E-state index in [2.05, 4.69) is 15.3 Å². The van der Waals surface area contributed by atoms with Crippen LogP contribution in [0.2, 0.25) is 10.2 Å². The number of carbonyl (C=O) groups is 1. The van der Waals surface area contributed by atoms with Crippen LogP contribution in [-0.4, -0.2) is 25.4 Å². The van der Waals surface area contributed by atoms with Crippen molar-refractivity contribution in [3.63, 3.8) is 0 Å². The normalized spacial score (nSPS) is 11.3. The van der Waals surface area contributed by atoms with E-state index in [1.165, 1.54) is 0 Å². The number of halogens is 2. The second-order valence-electron chi connectivity index (χ2n) is 8.76. The summed E-state index contributed by atoms with van der Waals surface area (Å²) in [6.07, 6.45) is 1.63. The van der Waals surface area contributed by atoms with Crippen molar-refractivity contribution in [2.75, 3.05) is 0 Å². The average molecular weight is 512 g/mol. The van der Waals surface area contributed by atoms with Gasteiger partial charge in [0, 0.05) is 40.9 Å². The first-order valence-electron chi connectivity index (χ1n) is 11.3. The zero-order valence-corrected chi connectivity index (χ0v) is 21.8. The number of nitrogens with zero attached hydrogens (tertiary/aromatic N) is 4. The van der Waals surface area contributed by atoms with Crippen LogP contribution in [0.5, 0.6) is 5.75 Å². The molecule has 0 radical (unpaired) electrons. The Labute approximate surface area is 214 Å². The van der Waals surface area contributed by atoms with Crippen molar-refractivity contribution in [2.24, 2.45) is 13.0 Å². The van der Waals surface area contributed by atoms with E-state index in [9.17, 15) is 4.79 Å². The number of carbonyl (C=O) groups excluding carboxylic acids is 1. The molecule has 182 valence electrons. The monoisotopic (exact) mass is 511 g/mol. The summed E-state index contributed by atoms with van der Waals surface area (Å²) in [4.78, 5) is 25.9. The highest BCUT2D eigenvalue weighted by molar-refractivity contribution is 6.31. The fraction of sp³-hybridized carbons (Fsp3) is 0.308. The summed E-state index contributed by atoms with van der Waals surface area (Å²) in [5.41, 5.74) is 4.63. The molecule has 0 bridgehead atoms. The topological polar surface area (TPSA) is 81.9 Å². The Hall–Kier alpha value is -3.16. The molecule has 4 aromatic rings. The molecule has 0 aliphatic rings. The van der Waals surface area contributed by atoms with Crippen molar-refractivity contribution in [1.82, 2.24) is 24.8 Å². The van der Waals surface area contributed by atoms with Gasteiger partial charge in [0.2, 0.25) is 5.91 Å². The highest BCUT2D eigenvalue weighted by Gasteiger charge is 2.17. The van der Waals surface area contributed by atoms with Gasteiger partial charge in [0.25, 0.3) is 0 Å². The highest BCUT2D eigenvalue weighted by atomic mass is 35.5. The Morgan fingerprint density at radius 2 is 1.89 bits per heavy atom. The lowest BCUT2D eigenvalue weighted by Crippen LogP contribution is -2.28. The molecule has 4 rings (SSSR count). The van der Waals surface area contributed by atoms with E-state index in [1.54, 1.807) is 12.3 Å². The molecule has 0 fully saturated rings. The second-order valence-corrected chi connectivity index (χ2v) is 9.55. The van der Waals surface area contributed by atoms with Crippen LogP contribution in [0.1, 0.15) is 36.5 Å². The van der Waals surface area contributed by atoms with Crippen molar-refractivity contribution >= 4 is 40.0 Å². The molecule has 0 saturated carbocycles. The minimum absolute atomic E-state index is 0.0491. The quantitative estimate of drug-likeness (QED) is 0.338.